The number of carbonyl (C=O) groups is 1. The summed E-state index contributed by atoms with van der Waals surface area (Å²) in [5, 5.41) is 0. The van der Waals surface area contributed by atoms with Crippen LogP contribution >= 0.6 is 0 Å². The summed E-state index contributed by atoms with van der Waals surface area (Å²) in [6.45, 7) is 7.55. The average molecular weight is 238 g/mol. The van der Waals surface area contributed by atoms with E-state index in [0.717, 1.165) is 17.9 Å². The summed E-state index contributed by atoms with van der Waals surface area (Å²) >= 11 is 0. The highest BCUT2D eigenvalue weighted by Gasteiger charge is 2.17. The standard InChI is InChI=1S/C15H26O2/c1-12(14(16)17-15(2,3)4)8-7-11-13-9-5-6-10-13/h8,13H,5-7,9-11H2,1-4H3/b12-8+. The highest BCUT2D eigenvalue weighted by atomic mass is 16.6. The average Bonchev–Trinajstić information content (AvgIpc) is 2.67. The molecule has 98 valence electrons. The summed E-state index contributed by atoms with van der Waals surface area (Å²) in [6.07, 6.45) is 9.79. The first kappa shape index (κ1) is 14.3. The molecule has 0 heterocycles. The van der Waals surface area contributed by atoms with E-state index >= 15 is 0 Å². The maximum absolute atomic E-state index is 11.7. The van der Waals surface area contributed by atoms with Gasteiger partial charge in [0.05, 0.1) is 0 Å². The van der Waals surface area contributed by atoms with Gasteiger partial charge in [0.2, 0.25) is 0 Å². The van der Waals surface area contributed by atoms with Crippen molar-refractivity contribution in [2.45, 2.75) is 71.8 Å². The molecule has 0 aromatic carbocycles. The van der Waals surface area contributed by atoms with E-state index in [0.29, 0.717) is 0 Å². The zero-order chi connectivity index (χ0) is 12.9. The lowest BCUT2D eigenvalue weighted by molar-refractivity contribution is -0.149. The number of ether oxygens (including phenoxy) is 1. The molecule has 0 radical (unpaired) electrons. The molecule has 2 nitrogen and oxygen atoms in total. The number of esters is 1. The minimum Gasteiger partial charge on any atom is -0.457 e. The summed E-state index contributed by atoms with van der Waals surface area (Å²) in [4.78, 5) is 11.7. The molecule has 0 amide bonds. The molecule has 1 fully saturated rings. The summed E-state index contributed by atoms with van der Waals surface area (Å²) in [5.74, 6) is 0.710. The van der Waals surface area contributed by atoms with Gasteiger partial charge in [-0.3, -0.25) is 0 Å². The predicted octanol–water partition coefficient (Wildman–Crippen LogP) is 4.24. The van der Waals surface area contributed by atoms with Crippen molar-refractivity contribution in [2.24, 2.45) is 5.92 Å². The Morgan fingerprint density at radius 3 is 2.41 bits per heavy atom. The Kier molecular flexibility index (Phi) is 5.23. The van der Waals surface area contributed by atoms with Crippen LogP contribution < -0.4 is 0 Å². The fourth-order valence-corrected chi connectivity index (χ4v) is 2.28. The van der Waals surface area contributed by atoms with Crippen molar-refractivity contribution in [3.8, 4) is 0 Å². The number of rotatable bonds is 4. The summed E-state index contributed by atoms with van der Waals surface area (Å²) in [5.41, 5.74) is 0.357. The maximum atomic E-state index is 11.7. The van der Waals surface area contributed by atoms with Gasteiger partial charge in [-0.2, -0.15) is 0 Å². The lowest BCUT2D eigenvalue weighted by atomic mass is 10.0. The molecule has 1 aliphatic rings. The number of carbonyl (C=O) groups excluding carboxylic acids is 1. The van der Waals surface area contributed by atoms with Crippen LogP contribution in [0.4, 0.5) is 0 Å². The number of allylic oxidation sites excluding steroid dienone is 1. The van der Waals surface area contributed by atoms with Crippen LogP contribution in [-0.4, -0.2) is 11.6 Å². The van der Waals surface area contributed by atoms with Gasteiger partial charge in [0.25, 0.3) is 0 Å². The Hall–Kier alpha value is -0.790. The van der Waals surface area contributed by atoms with Crippen molar-refractivity contribution in [2.75, 3.05) is 0 Å². The van der Waals surface area contributed by atoms with E-state index in [1.165, 1.54) is 32.1 Å². The molecule has 0 unspecified atom stereocenters. The summed E-state index contributed by atoms with van der Waals surface area (Å²) in [6, 6.07) is 0. The molecule has 0 bridgehead atoms. The van der Waals surface area contributed by atoms with E-state index < -0.39 is 5.60 Å². The molecule has 0 atom stereocenters. The van der Waals surface area contributed by atoms with Gasteiger partial charge in [-0.15, -0.1) is 0 Å². The highest BCUT2D eigenvalue weighted by molar-refractivity contribution is 5.87. The molecular weight excluding hydrogens is 212 g/mol. The van der Waals surface area contributed by atoms with E-state index in [9.17, 15) is 4.79 Å². The second-order valence-corrected chi connectivity index (χ2v) is 6.12. The monoisotopic (exact) mass is 238 g/mol. The van der Waals surface area contributed by atoms with Crippen LogP contribution in [0.15, 0.2) is 11.6 Å². The van der Waals surface area contributed by atoms with Gasteiger partial charge < -0.3 is 4.74 Å². The molecule has 1 saturated carbocycles. The molecule has 0 N–H and O–H groups in total. The number of hydrogen-bond acceptors (Lipinski definition) is 2. The normalized spacial score (nSPS) is 18.5. The van der Waals surface area contributed by atoms with E-state index in [-0.39, 0.29) is 5.97 Å². The zero-order valence-corrected chi connectivity index (χ0v) is 11.7. The Morgan fingerprint density at radius 1 is 1.29 bits per heavy atom. The number of hydrogen-bond donors (Lipinski definition) is 0. The Balaban J connectivity index is 2.30. The lowest BCUT2D eigenvalue weighted by Gasteiger charge is -2.19. The first-order valence-electron chi connectivity index (χ1n) is 6.78. The summed E-state index contributed by atoms with van der Waals surface area (Å²) < 4.78 is 5.31. The van der Waals surface area contributed by atoms with E-state index in [4.69, 9.17) is 4.74 Å². The van der Waals surface area contributed by atoms with Crippen molar-refractivity contribution in [1.29, 1.82) is 0 Å². The van der Waals surface area contributed by atoms with Crippen molar-refractivity contribution >= 4 is 5.97 Å². The fourth-order valence-electron chi connectivity index (χ4n) is 2.28. The topological polar surface area (TPSA) is 26.3 Å². The minimum atomic E-state index is -0.391. The molecule has 1 rings (SSSR count). The second kappa shape index (κ2) is 6.23. The molecule has 0 aliphatic heterocycles. The molecule has 2 heteroatoms. The third-order valence-corrected chi connectivity index (χ3v) is 3.22. The molecular formula is C15H26O2. The van der Waals surface area contributed by atoms with Crippen LogP contribution in [0.1, 0.15) is 66.2 Å². The quantitative estimate of drug-likeness (QED) is 0.541. The largest absolute Gasteiger partial charge is 0.457 e. The van der Waals surface area contributed by atoms with Gasteiger partial charge in [-0.1, -0.05) is 31.8 Å². The Bertz CT molecular complexity index is 278. The van der Waals surface area contributed by atoms with Crippen LogP contribution in [0.25, 0.3) is 0 Å². The maximum Gasteiger partial charge on any atom is 0.333 e. The third kappa shape index (κ3) is 5.90. The molecule has 0 spiro atoms. The van der Waals surface area contributed by atoms with Crippen LogP contribution in [0.3, 0.4) is 0 Å². The highest BCUT2D eigenvalue weighted by Crippen LogP contribution is 2.28. The van der Waals surface area contributed by atoms with Crippen molar-refractivity contribution in [1.82, 2.24) is 0 Å². The first-order valence-corrected chi connectivity index (χ1v) is 6.78. The van der Waals surface area contributed by atoms with Crippen LogP contribution in [0.2, 0.25) is 0 Å². The van der Waals surface area contributed by atoms with Crippen molar-refractivity contribution < 1.29 is 9.53 Å². The molecule has 1 aliphatic carbocycles. The third-order valence-electron chi connectivity index (χ3n) is 3.22. The SMILES string of the molecule is C/C(=C\CCC1CCCC1)C(=O)OC(C)(C)C. The predicted molar refractivity (Wildman–Crippen MR) is 70.8 cm³/mol. The molecule has 0 aromatic rings. The van der Waals surface area contributed by atoms with Gasteiger partial charge in [-0.05, 0) is 46.5 Å². The van der Waals surface area contributed by atoms with Crippen molar-refractivity contribution in [3.05, 3.63) is 11.6 Å². The fraction of sp³-hybridized carbons (Fsp3) is 0.800. The minimum absolute atomic E-state index is 0.177. The van der Waals surface area contributed by atoms with Crippen LogP contribution in [-0.2, 0) is 9.53 Å². The van der Waals surface area contributed by atoms with E-state index in [1.54, 1.807) is 0 Å². The van der Waals surface area contributed by atoms with Crippen LogP contribution in [0, 0.1) is 5.92 Å². The van der Waals surface area contributed by atoms with Crippen LogP contribution in [0.5, 0.6) is 0 Å². The van der Waals surface area contributed by atoms with E-state index in [2.05, 4.69) is 0 Å². The molecule has 17 heavy (non-hydrogen) atoms. The van der Waals surface area contributed by atoms with Crippen molar-refractivity contribution in [3.63, 3.8) is 0 Å². The Morgan fingerprint density at radius 2 is 1.88 bits per heavy atom. The zero-order valence-electron chi connectivity index (χ0n) is 11.7. The second-order valence-electron chi connectivity index (χ2n) is 6.12. The van der Waals surface area contributed by atoms with Gasteiger partial charge in [-0.25, -0.2) is 4.79 Å². The first-order chi connectivity index (χ1) is 7.88. The van der Waals surface area contributed by atoms with Gasteiger partial charge >= 0.3 is 5.97 Å². The summed E-state index contributed by atoms with van der Waals surface area (Å²) in [7, 11) is 0. The molecule has 0 aromatic heterocycles. The molecule has 0 saturated heterocycles. The van der Waals surface area contributed by atoms with E-state index in [1.807, 2.05) is 33.8 Å². The van der Waals surface area contributed by atoms with Gasteiger partial charge in [0.1, 0.15) is 5.60 Å². The Labute approximate surface area is 105 Å². The smallest absolute Gasteiger partial charge is 0.333 e. The van der Waals surface area contributed by atoms with Gasteiger partial charge in [0, 0.05) is 5.57 Å². The lowest BCUT2D eigenvalue weighted by Crippen LogP contribution is -2.24. The van der Waals surface area contributed by atoms with Gasteiger partial charge in [0.15, 0.2) is 0 Å².